The molecule has 6 nitrogen and oxygen atoms in total. The highest BCUT2D eigenvalue weighted by Gasteiger charge is 2.51. The van der Waals surface area contributed by atoms with E-state index in [1.165, 1.54) is 0 Å². The minimum atomic E-state index is -0.365. The summed E-state index contributed by atoms with van der Waals surface area (Å²) in [7, 11) is 0. The molecule has 1 amide bonds. The molecule has 1 N–H and O–H groups in total. The van der Waals surface area contributed by atoms with Crippen LogP contribution in [0.5, 0.6) is 0 Å². The van der Waals surface area contributed by atoms with Gasteiger partial charge in [0.15, 0.2) is 5.82 Å². The van der Waals surface area contributed by atoms with Gasteiger partial charge in [0.2, 0.25) is 5.91 Å². The summed E-state index contributed by atoms with van der Waals surface area (Å²) in [6.07, 6.45) is 4.07. The first kappa shape index (κ1) is 15.3. The lowest BCUT2D eigenvalue weighted by molar-refractivity contribution is -0.118. The van der Waals surface area contributed by atoms with Crippen LogP contribution in [0.3, 0.4) is 0 Å². The second-order valence-corrected chi connectivity index (χ2v) is 7.16. The number of tetrazole rings is 1. The average molecular weight is 345 g/mol. The summed E-state index contributed by atoms with van der Waals surface area (Å²) in [6, 6.07) is 18.2. The van der Waals surface area contributed by atoms with Crippen LogP contribution in [-0.2, 0) is 10.2 Å². The second-order valence-electron chi connectivity index (χ2n) is 7.16. The Morgan fingerprint density at radius 1 is 1.04 bits per heavy atom. The van der Waals surface area contributed by atoms with Crippen molar-refractivity contribution in [3.63, 3.8) is 0 Å². The maximum absolute atomic E-state index is 12.8. The lowest BCUT2D eigenvalue weighted by Gasteiger charge is -2.16. The summed E-state index contributed by atoms with van der Waals surface area (Å²) in [5, 5.41) is 15.1. The van der Waals surface area contributed by atoms with Crippen LogP contribution in [-0.4, -0.2) is 26.1 Å². The number of benzene rings is 2. The van der Waals surface area contributed by atoms with Crippen LogP contribution >= 0.6 is 0 Å². The Hall–Kier alpha value is -3.02. The van der Waals surface area contributed by atoms with Gasteiger partial charge in [0.25, 0.3) is 0 Å². The minimum Gasteiger partial charge on any atom is -0.325 e. The molecule has 0 saturated heterocycles. The molecular formula is C20H19N5O. The fourth-order valence-electron chi connectivity index (χ4n) is 3.43. The molecule has 2 aliphatic rings. The zero-order valence-electron chi connectivity index (χ0n) is 14.3. The van der Waals surface area contributed by atoms with Crippen LogP contribution in [0.15, 0.2) is 54.6 Å². The maximum atomic E-state index is 12.8. The molecule has 5 rings (SSSR count). The van der Waals surface area contributed by atoms with Crippen molar-refractivity contribution in [1.82, 2.24) is 20.2 Å². The predicted octanol–water partition coefficient (Wildman–Crippen LogP) is 3.35. The molecule has 130 valence electrons. The molecule has 2 aliphatic carbocycles. The molecule has 0 atom stereocenters. The first-order valence-electron chi connectivity index (χ1n) is 9.02. The van der Waals surface area contributed by atoms with Gasteiger partial charge in [-0.2, -0.15) is 0 Å². The molecule has 0 radical (unpaired) electrons. The van der Waals surface area contributed by atoms with Crippen LogP contribution < -0.4 is 5.32 Å². The summed E-state index contributed by atoms with van der Waals surface area (Å²) in [5.41, 5.74) is 2.49. The van der Waals surface area contributed by atoms with Crippen molar-refractivity contribution in [3.8, 4) is 11.4 Å². The predicted molar refractivity (Wildman–Crippen MR) is 97.5 cm³/mol. The van der Waals surface area contributed by atoms with Crippen molar-refractivity contribution in [3.05, 3.63) is 60.2 Å². The molecular weight excluding hydrogens is 326 g/mol. The zero-order valence-corrected chi connectivity index (χ0v) is 14.3. The standard InChI is InChI=1S/C20H19N5O/c26-19(20(12-13-20)15-4-2-1-3-5-15)21-16-8-6-14(7-9-16)18-22-23-24-25(18)17-10-11-17/h1-9,17H,10-13H2,(H,21,26). The summed E-state index contributed by atoms with van der Waals surface area (Å²) < 4.78 is 1.89. The van der Waals surface area contributed by atoms with Gasteiger partial charge in [-0.05, 0) is 65.9 Å². The molecule has 6 heteroatoms. The van der Waals surface area contributed by atoms with Gasteiger partial charge in [-0.1, -0.05) is 30.3 Å². The molecule has 2 saturated carbocycles. The number of nitrogens with one attached hydrogen (secondary N) is 1. The number of carbonyl (C=O) groups is 1. The Morgan fingerprint density at radius 3 is 2.42 bits per heavy atom. The fourth-order valence-corrected chi connectivity index (χ4v) is 3.43. The Balaban J connectivity index is 1.34. The van der Waals surface area contributed by atoms with E-state index in [4.69, 9.17) is 0 Å². The van der Waals surface area contributed by atoms with E-state index in [1.54, 1.807) is 0 Å². The van der Waals surface area contributed by atoms with Crippen molar-refractivity contribution in [2.75, 3.05) is 5.32 Å². The first-order valence-corrected chi connectivity index (χ1v) is 9.02. The number of amides is 1. The van der Waals surface area contributed by atoms with E-state index in [0.717, 1.165) is 48.3 Å². The smallest absolute Gasteiger partial charge is 0.235 e. The molecule has 2 aromatic carbocycles. The first-order chi connectivity index (χ1) is 12.8. The van der Waals surface area contributed by atoms with E-state index in [2.05, 4.69) is 20.8 Å². The fraction of sp³-hybridized carbons (Fsp3) is 0.300. The molecule has 0 spiro atoms. The van der Waals surface area contributed by atoms with Gasteiger partial charge in [0.05, 0.1) is 11.5 Å². The molecule has 0 bridgehead atoms. The molecule has 26 heavy (non-hydrogen) atoms. The van der Waals surface area contributed by atoms with E-state index >= 15 is 0 Å². The highest BCUT2D eigenvalue weighted by Crippen LogP contribution is 2.49. The van der Waals surface area contributed by atoms with Crippen molar-refractivity contribution in [2.45, 2.75) is 37.1 Å². The third-order valence-corrected chi connectivity index (χ3v) is 5.30. The van der Waals surface area contributed by atoms with Crippen LogP contribution in [0, 0.1) is 0 Å². The van der Waals surface area contributed by atoms with Crippen LogP contribution in [0.1, 0.15) is 37.3 Å². The highest BCUT2D eigenvalue weighted by atomic mass is 16.2. The molecule has 0 aliphatic heterocycles. The van der Waals surface area contributed by atoms with Gasteiger partial charge in [0.1, 0.15) is 0 Å². The van der Waals surface area contributed by atoms with Gasteiger partial charge >= 0.3 is 0 Å². The Labute approximate surface area is 151 Å². The van der Waals surface area contributed by atoms with Crippen molar-refractivity contribution >= 4 is 11.6 Å². The van der Waals surface area contributed by atoms with E-state index in [9.17, 15) is 4.79 Å². The van der Waals surface area contributed by atoms with Crippen molar-refractivity contribution in [1.29, 1.82) is 0 Å². The third-order valence-electron chi connectivity index (χ3n) is 5.30. The van der Waals surface area contributed by atoms with E-state index in [0.29, 0.717) is 6.04 Å². The lowest BCUT2D eigenvalue weighted by Crippen LogP contribution is -2.27. The van der Waals surface area contributed by atoms with E-state index in [1.807, 2.05) is 59.3 Å². The van der Waals surface area contributed by atoms with Crippen LogP contribution in [0.2, 0.25) is 0 Å². The van der Waals surface area contributed by atoms with Gasteiger partial charge in [-0.3, -0.25) is 4.79 Å². The number of anilines is 1. The molecule has 0 unspecified atom stereocenters. The summed E-state index contributed by atoms with van der Waals surface area (Å²) in [5.74, 6) is 0.854. The van der Waals surface area contributed by atoms with Crippen molar-refractivity contribution < 1.29 is 4.79 Å². The summed E-state index contributed by atoms with van der Waals surface area (Å²) in [4.78, 5) is 12.8. The molecule has 2 fully saturated rings. The average Bonchev–Trinajstić information content (AvgIpc) is 3.61. The summed E-state index contributed by atoms with van der Waals surface area (Å²) >= 11 is 0. The second kappa shape index (κ2) is 5.76. The number of hydrogen-bond donors (Lipinski definition) is 1. The monoisotopic (exact) mass is 345 g/mol. The number of hydrogen-bond acceptors (Lipinski definition) is 4. The van der Waals surface area contributed by atoms with Gasteiger partial charge < -0.3 is 5.32 Å². The quantitative estimate of drug-likeness (QED) is 0.770. The van der Waals surface area contributed by atoms with Gasteiger partial charge in [-0.15, -0.1) is 5.10 Å². The van der Waals surface area contributed by atoms with E-state index < -0.39 is 0 Å². The van der Waals surface area contributed by atoms with Gasteiger partial charge in [0, 0.05) is 11.3 Å². The Bertz CT molecular complexity index is 940. The minimum absolute atomic E-state index is 0.0688. The number of nitrogens with zero attached hydrogens (tertiary/aromatic N) is 4. The molecule has 1 heterocycles. The van der Waals surface area contributed by atoms with E-state index in [-0.39, 0.29) is 11.3 Å². The molecule has 3 aromatic rings. The highest BCUT2D eigenvalue weighted by molar-refractivity contribution is 6.01. The zero-order chi connectivity index (χ0) is 17.6. The number of aromatic nitrogens is 4. The third kappa shape index (κ3) is 2.58. The largest absolute Gasteiger partial charge is 0.325 e. The lowest BCUT2D eigenvalue weighted by atomic mass is 9.95. The number of rotatable bonds is 5. The van der Waals surface area contributed by atoms with Gasteiger partial charge in [-0.25, -0.2) is 4.68 Å². The topological polar surface area (TPSA) is 72.7 Å². The normalized spacial score (nSPS) is 17.7. The van der Waals surface area contributed by atoms with Crippen LogP contribution in [0.25, 0.3) is 11.4 Å². The summed E-state index contributed by atoms with van der Waals surface area (Å²) in [6.45, 7) is 0. The maximum Gasteiger partial charge on any atom is 0.235 e. The van der Waals surface area contributed by atoms with Crippen LogP contribution in [0.4, 0.5) is 5.69 Å². The Kier molecular flexibility index (Phi) is 3.38. The van der Waals surface area contributed by atoms with Crippen molar-refractivity contribution in [2.24, 2.45) is 0 Å². The Morgan fingerprint density at radius 2 is 1.77 bits per heavy atom. The SMILES string of the molecule is O=C(Nc1ccc(-c2nnnn2C2CC2)cc1)C1(c2ccccc2)CC1. The molecule has 1 aromatic heterocycles. The number of carbonyl (C=O) groups excluding carboxylic acids is 1.